The molecule has 3 fully saturated rings. The maximum atomic E-state index is 12.8. The number of halogens is 10. The van der Waals surface area contributed by atoms with E-state index >= 15 is 0 Å². The van der Waals surface area contributed by atoms with E-state index in [2.05, 4.69) is 223 Å². The fourth-order valence-electron chi connectivity index (χ4n) is 12.9. The molecule has 0 amide bonds. The van der Waals surface area contributed by atoms with Gasteiger partial charge in [0.05, 0.1) is 26.4 Å². The molecule has 8 heterocycles. The predicted molar refractivity (Wildman–Crippen MR) is 503 cm³/mol. The lowest BCUT2D eigenvalue weighted by Crippen LogP contribution is -2.36. The Hall–Kier alpha value is -10.2. The van der Waals surface area contributed by atoms with Crippen LogP contribution in [0, 0.1) is 108 Å². The second-order valence-electron chi connectivity index (χ2n) is 30.7. The third-order valence-corrected chi connectivity index (χ3v) is 22.7. The maximum Gasteiger partial charge on any atom is 0.194 e. The average molecular weight is 1790 g/mol. The van der Waals surface area contributed by atoms with Crippen LogP contribution >= 0.6 is 27.7 Å². The van der Waals surface area contributed by atoms with Gasteiger partial charge in [0.2, 0.25) is 0 Å². The fraction of sp³-hybridized carbons (Fsp3) is 0.350. The molecule has 21 heteroatoms. The van der Waals surface area contributed by atoms with Gasteiger partial charge in [0, 0.05) is 113 Å². The van der Waals surface area contributed by atoms with Crippen molar-refractivity contribution in [1.82, 2.24) is 24.9 Å². The van der Waals surface area contributed by atoms with Crippen LogP contribution in [0.15, 0.2) is 228 Å². The molecule has 16 rings (SSSR count). The molecule has 5 aromatic heterocycles. The van der Waals surface area contributed by atoms with Gasteiger partial charge in [-0.1, -0.05) is 122 Å². The quantitative estimate of drug-likeness (QED) is 0.0745. The number of morpholine rings is 2. The highest BCUT2D eigenvalue weighted by atomic mass is 79.9. The molecule has 3 aliphatic heterocycles. The minimum atomic E-state index is -1.40. The number of thioether (sulfide) groups is 1. The summed E-state index contributed by atoms with van der Waals surface area (Å²) in [4.78, 5) is 27.6. The number of rotatable bonds is 11. The molecular formula is C103H124BrF9N8O2S. The molecule has 0 aliphatic carbocycles. The Morgan fingerprint density at radius 3 is 1.38 bits per heavy atom. The number of benzene rings is 8. The Labute approximate surface area is 743 Å². The Bertz CT molecular complexity index is 5160. The second kappa shape index (κ2) is 54.5. The van der Waals surface area contributed by atoms with Gasteiger partial charge in [0.15, 0.2) is 17.5 Å². The fourth-order valence-corrected chi connectivity index (χ4v) is 14.2. The molecule has 13 aromatic rings. The number of ether oxygens (including phenoxy) is 2. The van der Waals surface area contributed by atoms with Gasteiger partial charge in [-0.05, 0) is 316 Å². The lowest BCUT2D eigenvalue weighted by molar-refractivity contribution is 0.122. The summed E-state index contributed by atoms with van der Waals surface area (Å²) in [6.45, 7) is 42.6. The molecule has 2 N–H and O–H groups in total. The summed E-state index contributed by atoms with van der Waals surface area (Å²) in [5.74, 6) is -1.54. The topological polar surface area (TPSA) is 98.4 Å². The zero-order chi connectivity index (χ0) is 90.7. The van der Waals surface area contributed by atoms with Gasteiger partial charge in [-0.2, -0.15) is 0 Å². The molecule has 0 spiro atoms. The van der Waals surface area contributed by atoms with E-state index in [0.29, 0.717) is 41.4 Å². The van der Waals surface area contributed by atoms with Gasteiger partial charge in [0.25, 0.3) is 0 Å². The summed E-state index contributed by atoms with van der Waals surface area (Å²) in [6, 6.07) is 56.7. The van der Waals surface area contributed by atoms with Crippen molar-refractivity contribution in [3.8, 4) is 0 Å². The van der Waals surface area contributed by atoms with Gasteiger partial charge in [-0.25, -0.2) is 54.5 Å². The number of H-pyrrole nitrogens is 2. The first-order valence-corrected chi connectivity index (χ1v) is 44.3. The third kappa shape index (κ3) is 35.8. The SMILES string of the molecule is CCC(C)(C)c1ccccc1.CCSc1ccccc1Br.CCc1c[nH]c2ccc(F)cc12.CCc1cc(F)c(F)c(F)c1.CCc1cc(F)cc(F)c1.CCc1ccc(F)cc1F.Cc1c[nH]c2ccc(F)cc12.Cc1cc(C)nc(N2CCOCC2)c1.Cc1cccc(C)c1C.Cc1ccnc(N2CCCCC2)c1.Cc1ccnc(N2CCOCC2)c1. The Morgan fingerprint density at radius 2 is 0.887 bits per heavy atom. The third-order valence-electron chi connectivity index (χ3n) is 20.8. The zero-order valence-corrected chi connectivity index (χ0v) is 77.3. The summed E-state index contributed by atoms with van der Waals surface area (Å²) in [6.07, 6.45) is 15.5. The van der Waals surface area contributed by atoms with Crippen molar-refractivity contribution in [2.45, 2.75) is 172 Å². The van der Waals surface area contributed by atoms with Gasteiger partial charge < -0.3 is 34.1 Å². The number of pyridine rings is 3. The molecule has 3 aliphatic rings. The van der Waals surface area contributed by atoms with Crippen molar-refractivity contribution in [2.75, 3.05) is 86.1 Å². The average Bonchev–Trinajstić information content (AvgIpc) is 1.68. The standard InChI is InChI=1S/C11H16N2O.C11H16N2.C11H16.C10H10FN.C10H14N2O.C9H8FN.C9H12.C8H9BrS.C8H7F3.2C8H8F2/c1-9-7-10(2)12-11(8-9)13-3-5-14-6-4-13;1-10-5-6-12-11(9-10)13-7-3-2-4-8-13;1-4-11(2,3)10-8-6-5-7-9-10;1-2-7-6-12-10-4-3-8(11)5-9(7)10;1-9-2-3-11-10(8-9)12-4-6-13-7-5-12;1-6-5-11-9-3-2-7(10)4-8(6)9;1-7-5-4-6-8(2)9(7)3;1-2-10-8-6-4-3-5-7(8)9;1-2-5-3-6(9)8(11)7(10)4-5;1-2-6-3-7(9)5-8(10)4-6;1-2-6-3-4-7(9)5-8(6)10/h7-8H,3-6H2,1-2H3;5-6,9H,2-4,7-8H2,1H3;5-9H,4H2,1-3H3;3-6,12H,2H2,1H3;2-3,8H,4-7H2,1H3;2-5,11H,1H3;4-6H,1-3H3;3-6H,2H2,1H3;3-4H,2H2,1H3;2*3-5H,2H2,1H3. The first-order valence-electron chi connectivity index (χ1n) is 42.6. The molecule has 3 saturated heterocycles. The minimum absolute atomic E-state index is 0.170. The van der Waals surface area contributed by atoms with Crippen LogP contribution < -0.4 is 14.7 Å². The molecule has 0 bridgehead atoms. The number of hydrogen-bond acceptors (Lipinski definition) is 9. The molecule has 0 atom stereocenters. The number of anilines is 3. The van der Waals surface area contributed by atoms with E-state index in [0.717, 1.165) is 140 Å². The van der Waals surface area contributed by atoms with Crippen LogP contribution in [-0.4, -0.2) is 96.4 Å². The highest BCUT2D eigenvalue weighted by Crippen LogP contribution is 2.29. The Kier molecular flexibility index (Phi) is 45.1. The van der Waals surface area contributed by atoms with E-state index in [1.807, 2.05) is 82.4 Å². The molecule has 10 nitrogen and oxygen atoms in total. The van der Waals surface area contributed by atoms with Gasteiger partial charge >= 0.3 is 0 Å². The van der Waals surface area contributed by atoms with Crippen molar-refractivity contribution in [3.63, 3.8) is 0 Å². The van der Waals surface area contributed by atoms with Crippen molar-refractivity contribution >= 4 is 67.0 Å². The molecule has 0 saturated carbocycles. The van der Waals surface area contributed by atoms with Crippen LogP contribution in [0.5, 0.6) is 0 Å². The second-order valence-corrected chi connectivity index (χ2v) is 32.9. The predicted octanol–water partition coefficient (Wildman–Crippen LogP) is 27.9. The van der Waals surface area contributed by atoms with E-state index in [1.54, 1.807) is 31.2 Å². The van der Waals surface area contributed by atoms with Gasteiger partial charge in [-0.3, -0.25) is 0 Å². The van der Waals surface area contributed by atoms with Crippen molar-refractivity contribution in [3.05, 3.63) is 348 Å². The molecule has 0 unspecified atom stereocenters. The Balaban J connectivity index is 0.000000211. The van der Waals surface area contributed by atoms with Crippen molar-refractivity contribution < 1.29 is 49.0 Å². The maximum absolute atomic E-state index is 12.8. The lowest BCUT2D eigenvalue weighted by atomic mass is 9.82. The number of aromatic nitrogens is 5. The molecule has 8 aromatic carbocycles. The summed E-state index contributed by atoms with van der Waals surface area (Å²) in [5.41, 5.74) is 16.8. The van der Waals surface area contributed by atoms with E-state index in [-0.39, 0.29) is 11.6 Å². The van der Waals surface area contributed by atoms with E-state index in [1.165, 1.54) is 129 Å². The first-order chi connectivity index (χ1) is 59.4. The number of nitrogens with zero attached hydrogens (tertiary/aromatic N) is 6. The van der Waals surface area contributed by atoms with E-state index < -0.39 is 40.7 Å². The monoisotopic (exact) mass is 1790 g/mol. The summed E-state index contributed by atoms with van der Waals surface area (Å²) in [7, 11) is 0. The zero-order valence-electron chi connectivity index (χ0n) is 74.9. The smallest absolute Gasteiger partial charge is 0.194 e. The van der Waals surface area contributed by atoms with Crippen LogP contribution in [0.4, 0.5) is 57.0 Å². The van der Waals surface area contributed by atoms with Crippen LogP contribution in [0.25, 0.3) is 21.8 Å². The summed E-state index contributed by atoms with van der Waals surface area (Å²) < 4.78 is 124. The number of hydrogen-bond donors (Lipinski definition) is 2. The van der Waals surface area contributed by atoms with Crippen molar-refractivity contribution in [1.29, 1.82) is 0 Å². The van der Waals surface area contributed by atoms with E-state index in [4.69, 9.17) is 9.47 Å². The number of aromatic amines is 2. The van der Waals surface area contributed by atoms with Gasteiger partial charge in [-0.15, -0.1) is 11.8 Å². The van der Waals surface area contributed by atoms with Crippen LogP contribution in [0.3, 0.4) is 0 Å². The molecule has 664 valence electrons. The Morgan fingerprint density at radius 1 is 0.411 bits per heavy atom. The minimum Gasteiger partial charge on any atom is -0.378 e. The number of piperidine rings is 1. The highest BCUT2D eigenvalue weighted by molar-refractivity contribution is 9.10. The molecular weight excluding hydrogens is 1660 g/mol. The van der Waals surface area contributed by atoms with Crippen LogP contribution in [-0.2, 0) is 40.6 Å². The summed E-state index contributed by atoms with van der Waals surface area (Å²) >= 11 is 5.33. The summed E-state index contributed by atoms with van der Waals surface area (Å²) in [5, 5.41) is 1.96. The molecule has 124 heavy (non-hydrogen) atoms. The normalized spacial score (nSPS) is 12.6. The first kappa shape index (κ1) is 103. The van der Waals surface area contributed by atoms with Gasteiger partial charge in [0.1, 0.15) is 52.4 Å². The lowest BCUT2D eigenvalue weighted by Gasteiger charge is -2.28. The largest absolute Gasteiger partial charge is 0.378 e. The van der Waals surface area contributed by atoms with Crippen LogP contribution in [0.2, 0.25) is 0 Å². The number of fused-ring (bicyclic) bond motifs is 2. The van der Waals surface area contributed by atoms with Crippen molar-refractivity contribution in [2.24, 2.45) is 0 Å². The number of nitrogens with one attached hydrogen (secondary N) is 2. The molecule has 0 radical (unpaired) electrons. The highest BCUT2D eigenvalue weighted by Gasteiger charge is 2.18. The van der Waals surface area contributed by atoms with E-state index in [9.17, 15) is 39.5 Å². The number of aryl methyl sites for hydroxylation is 11. The van der Waals surface area contributed by atoms with Crippen LogP contribution in [0.1, 0.15) is 154 Å².